The van der Waals surface area contributed by atoms with Gasteiger partial charge < -0.3 is 5.32 Å². The van der Waals surface area contributed by atoms with E-state index in [1.807, 2.05) is 30.3 Å². The molecule has 0 fully saturated rings. The molecular formula is C18H20ClN3O. The maximum absolute atomic E-state index is 11.7. The molecule has 0 aliphatic heterocycles. The van der Waals surface area contributed by atoms with Crippen LogP contribution in [0.3, 0.4) is 0 Å². The zero-order valence-corrected chi connectivity index (χ0v) is 14.0. The first-order chi connectivity index (χ1) is 11.1. The van der Waals surface area contributed by atoms with Gasteiger partial charge in [-0.2, -0.15) is 5.10 Å². The minimum Gasteiger partial charge on any atom is -0.375 e. The van der Waals surface area contributed by atoms with Gasteiger partial charge in [-0.05, 0) is 29.2 Å². The summed E-state index contributed by atoms with van der Waals surface area (Å²) in [6.07, 6.45) is 1.62. The quantitative estimate of drug-likeness (QED) is 0.621. The Labute approximate surface area is 141 Å². The maximum Gasteiger partial charge on any atom is 0.259 e. The SMILES string of the molecule is CC(C)c1ccc(/C=N/NC(=O)CNc2ccccc2Cl)cc1. The smallest absolute Gasteiger partial charge is 0.259 e. The van der Waals surface area contributed by atoms with E-state index in [9.17, 15) is 4.79 Å². The topological polar surface area (TPSA) is 53.5 Å². The number of nitrogens with zero attached hydrogens (tertiary/aromatic N) is 1. The van der Waals surface area contributed by atoms with E-state index in [0.29, 0.717) is 10.9 Å². The number of anilines is 1. The van der Waals surface area contributed by atoms with E-state index in [-0.39, 0.29) is 12.5 Å². The van der Waals surface area contributed by atoms with Crippen LogP contribution in [0.4, 0.5) is 5.69 Å². The normalized spacial score (nSPS) is 11.0. The third kappa shape index (κ3) is 5.42. The van der Waals surface area contributed by atoms with Gasteiger partial charge in [0.1, 0.15) is 0 Å². The second-order valence-corrected chi connectivity index (χ2v) is 5.86. The Morgan fingerprint density at radius 1 is 1.17 bits per heavy atom. The summed E-state index contributed by atoms with van der Waals surface area (Å²) in [7, 11) is 0. The Hall–Kier alpha value is -2.33. The predicted octanol–water partition coefficient (Wildman–Crippen LogP) is 4.03. The van der Waals surface area contributed by atoms with Crippen LogP contribution in [-0.4, -0.2) is 18.7 Å². The van der Waals surface area contributed by atoms with Crippen LogP contribution >= 0.6 is 11.6 Å². The number of benzene rings is 2. The Morgan fingerprint density at radius 3 is 2.52 bits per heavy atom. The van der Waals surface area contributed by atoms with Crippen molar-refractivity contribution < 1.29 is 4.79 Å². The standard InChI is InChI=1S/C18H20ClN3O/c1-13(2)15-9-7-14(8-10-15)11-21-22-18(23)12-20-17-6-4-3-5-16(17)19/h3-11,13,20H,12H2,1-2H3,(H,22,23)/b21-11+. The van der Waals surface area contributed by atoms with Crippen LogP contribution in [0, 0.1) is 0 Å². The van der Waals surface area contributed by atoms with Crippen molar-refractivity contribution in [2.24, 2.45) is 5.10 Å². The lowest BCUT2D eigenvalue weighted by molar-refractivity contribution is -0.119. The van der Waals surface area contributed by atoms with Gasteiger partial charge in [0, 0.05) is 0 Å². The first kappa shape index (κ1) is 17.0. The molecule has 2 rings (SSSR count). The number of hydrazone groups is 1. The molecule has 0 aliphatic rings. The number of halogens is 1. The lowest BCUT2D eigenvalue weighted by Gasteiger charge is -2.06. The lowest BCUT2D eigenvalue weighted by Crippen LogP contribution is -2.25. The van der Waals surface area contributed by atoms with E-state index in [2.05, 4.69) is 41.8 Å². The molecule has 0 atom stereocenters. The number of hydrogen-bond donors (Lipinski definition) is 2. The summed E-state index contributed by atoms with van der Waals surface area (Å²) in [5.41, 5.74) is 5.42. The number of rotatable bonds is 6. The Balaban J connectivity index is 1.80. The molecule has 0 saturated heterocycles. The molecule has 0 spiro atoms. The molecule has 0 saturated carbocycles. The molecule has 0 aromatic heterocycles. The molecule has 2 aromatic carbocycles. The predicted molar refractivity (Wildman–Crippen MR) is 96.2 cm³/mol. The first-order valence-electron chi connectivity index (χ1n) is 7.46. The van der Waals surface area contributed by atoms with Crippen LogP contribution < -0.4 is 10.7 Å². The molecule has 5 heteroatoms. The van der Waals surface area contributed by atoms with E-state index in [0.717, 1.165) is 11.3 Å². The van der Waals surface area contributed by atoms with Crippen molar-refractivity contribution >= 4 is 29.4 Å². The maximum atomic E-state index is 11.7. The highest BCUT2D eigenvalue weighted by Crippen LogP contribution is 2.19. The van der Waals surface area contributed by atoms with Crippen molar-refractivity contribution in [3.05, 3.63) is 64.7 Å². The van der Waals surface area contributed by atoms with Gasteiger partial charge in [0.05, 0.1) is 23.5 Å². The first-order valence-corrected chi connectivity index (χ1v) is 7.84. The lowest BCUT2D eigenvalue weighted by atomic mass is 10.0. The molecule has 0 bridgehead atoms. The molecule has 0 unspecified atom stereocenters. The van der Waals surface area contributed by atoms with Gasteiger partial charge in [0.2, 0.25) is 0 Å². The molecule has 2 aromatic rings. The molecule has 4 nitrogen and oxygen atoms in total. The summed E-state index contributed by atoms with van der Waals surface area (Å²) in [5, 5.41) is 7.49. The minimum absolute atomic E-state index is 0.105. The summed E-state index contributed by atoms with van der Waals surface area (Å²) in [5.74, 6) is 0.261. The number of carbonyl (C=O) groups excluding carboxylic acids is 1. The largest absolute Gasteiger partial charge is 0.375 e. The monoisotopic (exact) mass is 329 g/mol. The molecule has 120 valence electrons. The van der Waals surface area contributed by atoms with Gasteiger partial charge >= 0.3 is 0 Å². The highest BCUT2D eigenvalue weighted by Gasteiger charge is 2.02. The number of nitrogens with one attached hydrogen (secondary N) is 2. The van der Waals surface area contributed by atoms with E-state index in [4.69, 9.17) is 11.6 Å². The zero-order valence-electron chi connectivity index (χ0n) is 13.2. The Kier molecular flexibility index (Phi) is 6.18. The number of amides is 1. The van der Waals surface area contributed by atoms with Gasteiger partial charge in [0.25, 0.3) is 5.91 Å². The van der Waals surface area contributed by atoms with Gasteiger partial charge in [-0.1, -0.05) is 61.8 Å². The molecular weight excluding hydrogens is 310 g/mol. The summed E-state index contributed by atoms with van der Waals surface area (Å²) < 4.78 is 0. The van der Waals surface area contributed by atoms with Gasteiger partial charge in [-0.25, -0.2) is 5.43 Å². The minimum atomic E-state index is -0.236. The third-order valence-electron chi connectivity index (χ3n) is 3.32. The van der Waals surface area contributed by atoms with Crippen LogP contribution in [0.2, 0.25) is 5.02 Å². The Bertz CT molecular complexity index is 681. The van der Waals surface area contributed by atoms with Crippen LogP contribution in [0.25, 0.3) is 0 Å². The van der Waals surface area contributed by atoms with Crippen LogP contribution in [0.1, 0.15) is 30.9 Å². The van der Waals surface area contributed by atoms with Crippen molar-refractivity contribution in [3.8, 4) is 0 Å². The number of carbonyl (C=O) groups is 1. The van der Waals surface area contributed by atoms with Crippen molar-refractivity contribution in [2.45, 2.75) is 19.8 Å². The van der Waals surface area contributed by atoms with Gasteiger partial charge in [-0.3, -0.25) is 4.79 Å². The summed E-state index contributed by atoms with van der Waals surface area (Å²) in [6, 6.07) is 15.4. The second kappa shape index (κ2) is 8.34. The highest BCUT2D eigenvalue weighted by atomic mass is 35.5. The van der Waals surface area contributed by atoms with E-state index in [1.54, 1.807) is 12.3 Å². The van der Waals surface area contributed by atoms with Gasteiger partial charge in [0.15, 0.2) is 0 Å². The zero-order chi connectivity index (χ0) is 16.7. The summed E-state index contributed by atoms with van der Waals surface area (Å²) >= 11 is 6.00. The third-order valence-corrected chi connectivity index (χ3v) is 3.65. The average molecular weight is 330 g/mol. The number of hydrogen-bond acceptors (Lipinski definition) is 3. The van der Waals surface area contributed by atoms with Crippen LogP contribution in [0.5, 0.6) is 0 Å². The molecule has 23 heavy (non-hydrogen) atoms. The molecule has 0 radical (unpaired) electrons. The fourth-order valence-electron chi connectivity index (χ4n) is 1.97. The summed E-state index contributed by atoms with van der Waals surface area (Å²) in [4.78, 5) is 11.7. The van der Waals surface area contributed by atoms with Crippen molar-refractivity contribution in [1.82, 2.24) is 5.43 Å². The Morgan fingerprint density at radius 2 is 1.87 bits per heavy atom. The average Bonchev–Trinajstić information content (AvgIpc) is 2.54. The fraction of sp³-hybridized carbons (Fsp3) is 0.222. The highest BCUT2D eigenvalue weighted by molar-refractivity contribution is 6.33. The molecule has 2 N–H and O–H groups in total. The van der Waals surface area contributed by atoms with Crippen LogP contribution in [0.15, 0.2) is 53.6 Å². The van der Waals surface area contributed by atoms with Crippen molar-refractivity contribution in [2.75, 3.05) is 11.9 Å². The van der Waals surface area contributed by atoms with E-state index in [1.165, 1.54) is 5.56 Å². The summed E-state index contributed by atoms with van der Waals surface area (Å²) in [6.45, 7) is 4.40. The van der Waals surface area contributed by atoms with E-state index < -0.39 is 0 Å². The molecule has 1 amide bonds. The van der Waals surface area contributed by atoms with Gasteiger partial charge in [-0.15, -0.1) is 0 Å². The fourth-order valence-corrected chi connectivity index (χ4v) is 2.17. The van der Waals surface area contributed by atoms with Crippen molar-refractivity contribution in [3.63, 3.8) is 0 Å². The van der Waals surface area contributed by atoms with Crippen molar-refractivity contribution in [1.29, 1.82) is 0 Å². The molecule has 0 heterocycles. The number of para-hydroxylation sites is 1. The second-order valence-electron chi connectivity index (χ2n) is 5.45. The van der Waals surface area contributed by atoms with Crippen LogP contribution in [-0.2, 0) is 4.79 Å². The molecule has 0 aliphatic carbocycles. The van der Waals surface area contributed by atoms with E-state index >= 15 is 0 Å².